The summed E-state index contributed by atoms with van der Waals surface area (Å²) in [6.45, 7) is 2.49. The van der Waals surface area contributed by atoms with Gasteiger partial charge in [-0.05, 0) is 19.3 Å². The number of unbranched alkanes of at least 4 members (excludes halogenated alkanes) is 1. The van der Waals surface area contributed by atoms with Crippen LogP contribution >= 0.6 is 0 Å². The molecule has 2 rings (SSSR count). The van der Waals surface area contributed by atoms with E-state index in [1.165, 1.54) is 0 Å². The van der Waals surface area contributed by atoms with Gasteiger partial charge in [0.2, 0.25) is 5.91 Å². The summed E-state index contributed by atoms with van der Waals surface area (Å²) in [7, 11) is 0. The highest BCUT2D eigenvalue weighted by Gasteiger charge is 2.42. The SMILES string of the molecule is CCCCOC(=O)C1=CCCC2CC(=O)N12. The molecule has 88 valence electrons. The van der Waals surface area contributed by atoms with Gasteiger partial charge in [-0.1, -0.05) is 19.4 Å². The molecule has 1 unspecified atom stereocenters. The van der Waals surface area contributed by atoms with Crippen LogP contribution in [0.2, 0.25) is 0 Å². The largest absolute Gasteiger partial charge is 0.461 e. The first kappa shape index (κ1) is 11.2. The second kappa shape index (κ2) is 4.68. The number of amides is 1. The van der Waals surface area contributed by atoms with Crippen LogP contribution in [0.5, 0.6) is 0 Å². The second-order valence-electron chi connectivity index (χ2n) is 4.28. The zero-order valence-electron chi connectivity index (χ0n) is 9.57. The van der Waals surface area contributed by atoms with Gasteiger partial charge in [0.05, 0.1) is 6.61 Å². The van der Waals surface area contributed by atoms with Crippen LogP contribution in [-0.2, 0) is 14.3 Å². The quantitative estimate of drug-likeness (QED) is 0.413. The van der Waals surface area contributed by atoms with Gasteiger partial charge in [0.15, 0.2) is 0 Å². The number of fused-ring (bicyclic) bond motifs is 1. The minimum Gasteiger partial charge on any atom is -0.461 e. The third-order valence-corrected chi connectivity index (χ3v) is 3.08. The summed E-state index contributed by atoms with van der Waals surface area (Å²) in [5, 5.41) is 0. The van der Waals surface area contributed by atoms with E-state index in [0.29, 0.717) is 18.7 Å². The van der Waals surface area contributed by atoms with E-state index >= 15 is 0 Å². The first-order valence-electron chi connectivity index (χ1n) is 5.93. The number of hydrogen-bond acceptors (Lipinski definition) is 3. The number of carbonyl (C=O) groups is 2. The van der Waals surface area contributed by atoms with Gasteiger partial charge in [-0.2, -0.15) is 0 Å². The number of hydrogen-bond donors (Lipinski definition) is 0. The number of nitrogens with zero attached hydrogens (tertiary/aromatic N) is 1. The van der Waals surface area contributed by atoms with Crippen LogP contribution in [0.25, 0.3) is 0 Å². The summed E-state index contributed by atoms with van der Waals surface area (Å²) < 4.78 is 5.12. The van der Waals surface area contributed by atoms with Crippen molar-refractivity contribution in [3.8, 4) is 0 Å². The second-order valence-corrected chi connectivity index (χ2v) is 4.28. The molecule has 4 nitrogen and oxygen atoms in total. The summed E-state index contributed by atoms with van der Waals surface area (Å²) in [5.41, 5.74) is 0.462. The molecule has 0 aromatic heterocycles. The molecule has 0 radical (unpaired) electrons. The molecule has 4 heteroatoms. The van der Waals surface area contributed by atoms with E-state index in [0.717, 1.165) is 25.7 Å². The number of allylic oxidation sites excluding steroid dienone is 1. The van der Waals surface area contributed by atoms with E-state index in [1.807, 2.05) is 13.0 Å². The maximum atomic E-state index is 11.7. The normalized spacial score (nSPS) is 23.3. The molecule has 1 fully saturated rings. The standard InChI is InChI=1S/C12H17NO3/c1-2-3-7-16-12(15)10-6-4-5-9-8-11(14)13(9)10/h6,9H,2-5,7-8H2,1H3. The Morgan fingerprint density at radius 2 is 2.44 bits per heavy atom. The van der Waals surface area contributed by atoms with Crippen LogP contribution in [0.15, 0.2) is 11.8 Å². The van der Waals surface area contributed by atoms with Gasteiger partial charge in [0, 0.05) is 12.5 Å². The Hall–Kier alpha value is -1.32. The number of esters is 1. The monoisotopic (exact) mass is 223 g/mol. The van der Waals surface area contributed by atoms with Crippen molar-refractivity contribution in [2.24, 2.45) is 0 Å². The first-order chi connectivity index (χ1) is 7.74. The molecule has 1 saturated heterocycles. The average Bonchev–Trinajstić information content (AvgIpc) is 2.27. The van der Waals surface area contributed by atoms with Gasteiger partial charge >= 0.3 is 5.97 Å². The Bertz CT molecular complexity index is 335. The number of rotatable bonds is 4. The fourth-order valence-electron chi connectivity index (χ4n) is 2.12. The third kappa shape index (κ3) is 1.96. The highest BCUT2D eigenvalue weighted by atomic mass is 16.5. The van der Waals surface area contributed by atoms with Crippen molar-refractivity contribution in [2.45, 2.75) is 45.1 Å². The maximum absolute atomic E-state index is 11.7. The molecular weight excluding hydrogens is 206 g/mol. The van der Waals surface area contributed by atoms with Gasteiger partial charge < -0.3 is 9.64 Å². The average molecular weight is 223 g/mol. The molecular formula is C12H17NO3. The van der Waals surface area contributed by atoms with Crippen LogP contribution in [0.4, 0.5) is 0 Å². The van der Waals surface area contributed by atoms with Crippen LogP contribution in [0.1, 0.15) is 39.0 Å². The molecule has 0 aromatic carbocycles. The molecule has 0 aromatic rings. The summed E-state index contributed by atoms with van der Waals surface area (Å²) in [5.74, 6) is -0.297. The molecule has 0 aliphatic carbocycles. The molecule has 0 bridgehead atoms. The molecule has 2 aliphatic heterocycles. The van der Waals surface area contributed by atoms with Crippen molar-refractivity contribution in [1.29, 1.82) is 0 Å². The molecule has 0 saturated carbocycles. The lowest BCUT2D eigenvalue weighted by atomic mass is 9.92. The summed E-state index contributed by atoms with van der Waals surface area (Å²) >= 11 is 0. The van der Waals surface area contributed by atoms with Gasteiger partial charge in [-0.15, -0.1) is 0 Å². The molecule has 2 aliphatic rings. The lowest BCUT2D eigenvalue weighted by Gasteiger charge is -2.43. The van der Waals surface area contributed by atoms with Crippen LogP contribution in [0, 0.1) is 0 Å². The smallest absolute Gasteiger partial charge is 0.354 e. The Balaban J connectivity index is 1.94. The lowest BCUT2D eigenvalue weighted by Crippen LogP contribution is -2.54. The molecule has 0 spiro atoms. The van der Waals surface area contributed by atoms with Crippen molar-refractivity contribution in [3.05, 3.63) is 11.8 Å². The molecule has 1 amide bonds. The number of β-lactam (4-membered cyclic amide) rings is 1. The van der Waals surface area contributed by atoms with Crippen molar-refractivity contribution < 1.29 is 14.3 Å². The van der Waals surface area contributed by atoms with Crippen molar-refractivity contribution in [1.82, 2.24) is 4.90 Å². The van der Waals surface area contributed by atoms with E-state index in [2.05, 4.69) is 0 Å². The number of ether oxygens (including phenoxy) is 1. The fraction of sp³-hybridized carbons (Fsp3) is 0.667. The summed E-state index contributed by atoms with van der Waals surface area (Å²) in [4.78, 5) is 24.7. The molecule has 0 N–H and O–H groups in total. The zero-order valence-corrected chi connectivity index (χ0v) is 9.57. The van der Waals surface area contributed by atoms with E-state index < -0.39 is 0 Å². The minimum atomic E-state index is -0.341. The first-order valence-corrected chi connectivity index (χ1v) is 5.93. The molecule has 16 heavy (non-hydrogen) atoms. The maximum Gasteiger partial charge on any atom is 0.354 e. The molecule has 2 heterocycles. The van der Waals surface area contributed by atoms with Crippen molar-refractivity contribution >= 4 is 11.9 Å². The lowest BCUT2D eigenvalue weighted by molar-refractivity contribution is -0.152. The molecule has 1 atom stereocenters. The highest BCUT2D eigenvalue weighted by molar-refractivity contribution is 5.97. The Labute approximate surface area is 95.2 Å². The van der Waals surface area contributed by atoms with Gasteiger partial charge in [-0.25, -0.2) is 4.79 Å². The van der Waals surface area contributed by atoms with E-state index in [4.69, 9.17) is 4.74 Å². The Morgan fingerprint density at radius 1 is 1.62 bits per heavy atom. The predicted octanol–water partition coefficient (Wildman–Crippen LogP) is 1.61. The van der Waals surface area contributed by atoms with Gasteiger partial charge in [-0.3, -0.25) is 4.79 Å². The van der Waals surface area contributed by atoms with Gasteiger partial charge in [0.25, 0.3) is 0 Å². The summed E-state index contributed by atoms with van der Waals surface area (Å²) in [6, 6.07) is 0.242. The zero-order chi connectivity index (χ0) is 11.5. The minimum absolute atomic E-state index is 0.0448. The van der Waals surface area contributed by atoms with Crippen molar-refractivity contribution in [3.63, 3.8) is 0 Å². The van der Waals surface area contributed by atoms with Crippen LogP contribution in [0.3, 0.4) is 0 Å². The Kier molecular flexibility index (Phi) is 3.27. The van der Waals surface area contributed by atoms with E-state index in [-0.39, 0.29) is 17.9 Å². The summed E-state index contributed by atoms with van der Waals surface area (Å²) in [6.07, 6.45) is 6.11. The predicted molar refractivity (Wildman–Crippen MR) is 58.4 cm³/mol. The van der Waals surface area contributed by atoms with E-state index in [1.54, 1.807) is 4.90 Å². The topological polar surface area (TPSA) is 46.6 Å². The van der Waals surface area contributed by atoms with Crippen LogP contribution < -0.4 is 0 Å². The number of carbonyl (C=O) groups excluding carboxylic acids is 2. The Morgan fingerprint density at radius 3 is 3.12 bits per heavy atom. The highest BCUT2D eigenvalue weighted by Crippen LogP contribution is 2.32. The third-order valence-electron chi connectivity index (χ3n) is 3.08. The fourth-order valence-corrected chi connectivity index (χ4v) is 2.12. The van der Waals surface area contributed by atoms with Crippen LogP contribution in [-0.4, -0.2) is 29.4 Å². The van der Waals surface area contributed by atoms with Crippen molar-refractivity contribution in [2.75, 3.05) is 6.61 Å². The van der Waals surface area contributed by atoms with Gasteiger partial charge in [0.1, 0.15) is 5.70 Å². The van der Waals surface area contributed by atoms with E-state index in [9.17, 15) is 9.59 Å².